The maximum atomic E-state index is 11.2. The van der Waals surface area contributed by atoms with E-state index >= 15 is 0 Å². The molecule has 3 nitrogen and oxygen atoms in total. The molecule has 0 amide bonds. The third-order valence-electron chi connectivity index (χ3n) is 2.78. The van der Waals surface area contributed by atoms with Crippen molar-refractivity contribution < 1.29 is 9.53 Å². The van der Waals surface area contributed by atoms with Gasteiger partial charge >= 0.3 is 0 Å². The summed E-state index contributed by atoms with van der Waals surface area (Å²) in [6, 6.07) is 5.98. The summed E-state index contributed by atoms with van der Waals surface area (Å²) in [5.74, 6) is 1.19. The van der Waals surface area contributed by atoms with E-state index in [-0.39, 0.29) is 0 Å². The van der Waals surface area contributed by atoms with Crippen LogP contribution in [0.25, 0.3) is 0 Å². The van der Waals surface area contributed by atoms with E-state index in [4.69, 9.17) is 4.74 Å². The van der Waals surface area contributed by atoms with Crippen LogP contribution in [0.2, 0.25) is 0 Å². The van der Waals surface area contributed by atoms with Gasteiger partial charge in [-0.05, 0) is 12.1 Å². The van der Waals surface area contributed by atoms with Crippen LogP contribution in [0, 0.1) is 0 Å². The number of hydrogen-bond donors (Lipinski definition) is 0. The summed E-state index contributed by atoms with van der Waals surface area (Å²) >= 11 is 3.46. The number of carbonyl (C=O) groups excluding carboxylic acids is 1. The first kappa shape index (κ1) is 11.5. The molecule has 1 saturated heterocycles. The number of Topliss-reactive ketones (excluding diaryl/α,β-unsaturated/α-hetero) is 1. The fraction of sp³-hybridized carbons (Fsp3) is 0.417. The van der Waals surface area contributed by atoms with E-state index in [1.54, 1.807) is 7.11 Å². The lowest BCUT2D eigenvalue weighted by molar-refractivity contribution is -0.119. The van der Waals surface area contributed by atoms with Gasteiger partial charge in [-0.3, -0.25) is 4.79 Å². The van der Waals surface area contributed by atoms with Crippen LogP contribution in [-0.2, 0) is 4.79 Å². The molecule has 2 rings (SSSR count). The Balaban J connectivity index is 2.19. The Morgan fingerprint density at radius 1 is 1.25 bits per heavy atom. The van der Waals surface area contributed by atoms with E-state index in [1.807, 2.05) is 12.1 Å². The van der Waals surface area contributed by atoms with Gasteiger partial charge in [0, 0.05) is 42.2 Å². The van der Waals surface area contributed by atoms with E-state index in [2.05, 4.69) is 26.9 Å². The Kier molecular flexibility index (Phi) is 3.49. The van der Waals surface area contributed by atoms with Crippen LogP contribution in [0.1, 0.15) is 12.8 Å². The molecule has 0 atom stereocenters. The second-order valence-electron chi connectivity index (χ2n) is 3.87. The molecule has 1 aromatic rings. The third kappa shape index (κ3) is 2.55. The number of benzene rings is 1. The van der Waals surface area contributed by atoms with E-state index < -0.39 is 0 Å². The summed E-state index contributed by atoms with van der Waals surface area (Å²) in [6.45, 7) is 1.61. The van der Waals surface area contributed by atoms with E-state index in [0.29, 0.717) is 18.6 Å². The van der Waals surface area contributed by atoms with Crippen molar-refractivity contribution in [1.82, 2.24) is 0 Å². The Morgan fingerprint density at radius 2 is 1.94 bits per heavy atom. The number of anilines is 1. The average molecular weight is 284 g/mol. The van der Waals surface area contributed by atoms with Crippen LogP contribution >= 0.6 is 15.9 Å². The van der Waals surface area contributed by atoms with Crippen LogP contribution in [0.4, 0.5) is 5.69 Å². The SMILES string of the molecule is COc1cc(Br)cc(N2CCC(=O)CC2)c1. The molecule has 0 saturated carbocycles. The Hall–Kier alpha value is -1.03. The first-order valence-corrected chi connectivity index (χ1v) is 6.09. The molecule has 0 N–H and O–H groups in total. The largest absolute Gasteiger partial charge is 0.497 e. The molecule has 86 valence electrons. The number of ketones is 1. The molecule has 0 unspecified atom stereocenters. The van der Waals surface area contributed by atoms with Crippen LogP contribution in [0.3, 0.4) is 0 Å². The molecular formula is C12H14BrNO2. The van der Waals surface area contributed by atoms with Crippen LogP contribution in [0.15, 0.2) is 22.7 Å². The standard InChI is InChI=1S/C12H14BrNO2/c1-16-12-7-9(13)6-10(8-12)14-4-2-11(15)3-5-14/h6-8H,2-5H2,1H3. The zero-order chi connectivity index (χ0) is 11.5. The minimum atomic E-state index is 0.359. The van der Waals surface area contributed by atoms with Gasteiger partial charge in [0.05, 0.1) is 7.11 Å². The summed E-state index contributed by atoms with van der Waals surface area (Å²) in [7, 11) is 1.66. The fourth-order valence-electron chi connectivity index (χ4n) is 1.86. The molecule has 0 spiro atoms. The first-order valence-electron chi connectivity index (χ1n) is 5.30. The first-order chi connectivity index (χ1) is 7.69. The monoisotopic (exact) mass is 283 g/mol. The van der Waals surface area contributed by atoms with Crippen molar-refractivity contribution in [2.24, 2.45) is 0 Å². The Morgan fingerprint density at radius 3 is 2.56 bits per heavy atom. The third-order valence-corrected chi connectivity index (χ3v) is 3.24. The Labute approximate surface area is 104 Å². The van der Waals surface area contributed by atoms with Gasteiger partial charge in [-0.25, -0.2) is 0 Å². The average Bonchev–Trinajstić information content (AvgIpc) is 2.29. The lowest BCUT2D eigenvalue weighted by atomic mass is 10.1. The van der Waals surface area contributed by atoms with Crippen molar-refractivity contribution in [3.63, 3.8) is 0 Å². The van der Waals surface area contributed by atoms with Crippen LogP contribution in [0.5, 0.6) is 5.75 Å². The predicted molar refractivity (Wildman–Crippen MR) is 67.1 cm³/mol. The van der Waals surface area contributed by atoms with Gasteiger partial charge in [0.2, 0.25) is 0 Å². The maximum Gasteiger partial charge on any atom is 0.136 e. The molecule has 1 fully saturated rings. The molecule has 0 aromatic heterocycles. The van der Waals surface area contributed by atoms with Crippen molar-refractivity contribution >= 4 is 27.4 Å². The van der Waals surface area contributed by atoms with Crippen molar-refractivity contribution in [3.8, 4) is 5.75 Å². The van der Waals surface area contributed by atoms with Gasteiger partial charge in [-0.2, -0.15) is 0 Å². The summed E-state index contributed by atoms with van der Waals surface area (Å²) in [5, 5.41) is 0. The molecule has 1 aliphatic heterocycles. The molecule has 0 bridgehead atoms. The molecule has 1 aromatic carbocycles. The Bertz CT molecular complexity index is 396. The molecule has 4 heteroatoms. The van der Waals surface area contributed by atoms with Gasteiger partial charge in [-0.15, -0.1) is 0 Å². The van der Waals surface area contributed by atoms with Gasteiger partial charge in [0.1, 0.15) is 11.5 Å². The second-order valence-corrected chi connectivity index (χ2v) is 4.79. The van der Waals surface area contributed by atoms with E-state index in [1.165, 1.54) is 0 Å². The molecule has 1 aliphatic rings. The number of rotatable bonds is 2. The van der Waals surface area contributed by atoms with Crippen LogP contribution < -0.4 is 9.64 Å². The fourth-order valence-corrected chi connectivity index (χ4v) is 2.32. The minimum Gasteiger partial charge on any atom is -0.497 e. The number of hydrogen-bond acceptors (Lipinski definition) is 3. The molecule has 0 aliphatic carbocycles. The number of piperidine rings is 1. The van der Waals surface area contributed by atoms with Gasteiger partial charge < -0.3 is 9.64 Å². The minimum absolute atomic E-state index is 0.359. The highest BCUT2D eigenvalue weighted by molar-refractivity contribution is 9.10. The highest BCUT2D eigenvalue weighted by Gasteiger charge is 2.17. The van der Waals surface area contributed by atoms with E-state index in [0.717, 1.165) is 29.0 Å². The van der Waals surface area contributed by atoms with Gasteiger partial charge in [-0.1, -0.05) is 15.9 Å². The predicted octanol–water partition coefficient (Wildman–Crippen LogP) is 2.63. The van der Waals surface area contributed by atoms with Crippen molar-refractivity contribution in [2.45, 2.75) is 12.8 Å². The topological polar surface area (TPSA) is 29.5 Å². The summed E-state index contributed by atoms with van der Waals surface area (Å²) in [4.78, 5) is 13.4. The zero-order valence-electron chi connectivity index (χ0n) is 9.20. The number of carbonyl (C=O) groups is 1. The van der Waals surface area contributed by atoms with Crippen LogP contribution in [-0.4, -0.2) is 26.0 Å². The maximum absolute atomic E-state index is 11.2. The van der Waals surface area contributed by atoms with Crippen molar-refractivity contribution in [3.05, 3.63) is 22.7 Å². The summed E-state index contributed by atoms with van der Waals surface area (Å²) < 4.78 is 6.22. The smallest absolute Gasteiger partial charge is 0.136 e. The normalized spacial score (nSPS) is 16.4. The number of methoxy groups -OCH3 is 1. The highest BCUT2D eigenvalue weighted by Crippen LogP contribution is 2.28. The molecule has 1 heterocycles. The number of halogens is 1. The highest BCUT2D eigenvalue weighted by atomic mass is 79.9. The molecule has 0 radical (unpaired) electrons. The van der Waals surface area contributed by atoms with Crippen molar-refractivity contribution in [2.75, 3.05) is 25.1 Å². The summed E-state index contributed by atoms with van der Waals surface area (Å²) in [6.07, 6.45) is 1.30. The van der Waals surface area contributed by atoms with Gasteiger partial charge in [0.25, 0.3) is 0 Å². The van der Waals surface area contributed by atoms with E-state index in [9.17, 15) is 4.79 Å². The number of nitrogens with zero attached hydrogens (tertiary/aromatic N) is 1. The second kappa shape index (κ2) is 4.87. The molecule has 16 heavy (non-hydrogen) atoms. The van der Waals surface area contributed by atoms with Crippen molar-refractivity contribution in [1.29, 1.82) is 0 Å². The zero-order valence-corrected chi connectivity index (χ0v) is 10.8. The van der Waals surface area contributed by atoms with Gasteiger partial charge in [0.15, 0.2) is 0 Å². The lowest BCUT2D eigenvalue weighted by Crippen LogP contribution is -2.33. The number of ether oxygens (including phenoxy) is 1. The molecular weight excluding hydrogens is 270 g/mol. The summed E-state index contributed by atoms with van der Waals surface area (Å²) in [5.41, 5.74) is 1.11. The lowest BCUT2D eigenvalue weighted by Gasteiger charge is -2.28. The quantitative estimate of drug-likeness (QED) is 0.836.